The number of fused-ring (bicyclic) bond motifs is 3. The van der Waals surface area contributed by atoms with Crippen molar-refractivity contribution < 1.29 is 0 Å². The van der Waals surface area contributed by atoms with Crippen LogP contribution in [0, 0.1) is 0 Å². The summed E-state index contributed by atoms with van der Waals surface area (Å²) in [6.07, 6.45) is 3.67. The molecule has 0 bridgehead atoms. The van der Waals surface area contributed by atoms with Crippen molar-refractivity contribution in [2.24, 2.45) is 0 Å². The fourth-order valence-corrected chi connectivity index (χ4v) is 5.37. The van der Waals surface area contributed by atoms with E-state index in [-0.39, 0.29) is 0 Å². The van der Waals surface area contributed by atoms with Crippen LogP contribution in [0.3, 0.4) is 0 Å². The van der Waals surface area contributed by atoms with Crippen LogP contribution in [-0.4, -0.2) is 25.7 Å². The maximum absolute atomic E-state index is 6.23. The van der Waals surface area contributed by atoms with Gasteiger partial charge in [0.1, 0.15) is 0 Å². The van der Waals surface area contributed by atoms with Gasteiger partial charge in [-0.05, 0) is 78.4 Å². The number of aryl methyl sites for hydroxylation is 1. The molecule has 4 heteroatoms. The quantitative estimate of drug-likeness (QED) is 0.781. The Morgan fingerprint density at radius 1 is 1.00 bits per heavy atom. The predicted molar refractivity (Wildman–Crippen MR) is 102 cm³/mol. The van der Waals surface area contributed by atoms with Crippen molar-refractivity contribution in [1.29, 1.82) is 0 Å². The molecule has 1 N–H and O–H groups in total. The summed E-state index contributed by atoms with van der Waals surface area (Å²) in [6.45, 7) is 3.44. The average Bonchev–Trinajstić information content (AvgIpc) is 2.90. The largest absolute Gasteiger partial charge is 0.367 e. The third-order valence-corrected chi connectivity index (χ3v) is 6.23. The second kappa shape index (κ2) is 5.66. The number of benzene rings is 2. The molecular weight excluding hydrogens is 339 g/mol. The Morgan fingerprint density at radius 3 is 2.62 bits per heavy atom. The zero-order valence-electron chi connectivity index (χ0n) is 13.5. The van der Waals surface area contributed by atoms with Crippen molar-refractivity contribution in [1.82, 2.24) is 5.32 Å². The predicted octanol–water partition coefficient (Wildman–Crippen LogP) is 4.87. The minimum atomic E-state index is 0.611. The van der Waals surface area contributed by atoms with Crippen LogP contribution in [0.1, 0.15) is 29.9 Å². The smallest absolute Gasteiger partial charge is 0.0438 e. The molecule has 0 radical (unpaired) electrons. The maximum Gasteiger partial charge on any atom is 0.0438 e. The summed E-state index contributed by atoms with van der Waals surface area (Å²) in [5, 5.41) is 4.99. The van der Waals surface area contributed by atoms with E-state index in [2.05, 4.69) is 22.3 Å². The fraction of sp³-hybridized carbons (Fsp3) is 0.400. The van der Waals surface area contributed by atoms with Crippen LogP contribution in [0.2, 0.25) is 10.0 Å². The van der Waals surface area contributed by atoms with Crippen LogP contribution in [0.15, 0.2) is 30.3 Å². The number of rotatable bonds is 1. The molecule has 3 heterocycles. The molecule has 3 aliphatic heterocycles. The van der Waals surface area contributed by atoms with Gasteiger partial charge in [-0.15, -0.1) is 0 Å². The summed E-state index contributed by atoms with van der Waals surface area (Å²) in [5.74, 6) is 0.611. The molecule has 0 aliphatic carbocycles. The van der Waals surface area contributed by atoms with Gasteiger partial charge in [0, 0.05) is 40.8 Å². The first-order valence-electron chi connectivity index (χ1n) is 8.81. The van der Waals surface area contributed by atoms with E-state index in [9.17, 15) is 0 Å². The Balaban J connectivity index is 1.68. The lowest BCUT2D eigenvalue weighted by Gasteiger charge is -2.36. The highest BCUT2D eigenvalue weighted by Gasteiger charge is 2.42. The van der Waals surface area contributed by atoms with Crippen LogP contribution in [0.25, 0.3) is 11.1 Å². The third kappa shape index (κ3) is 2.28. The van der Waals surface area contributed by atoms with Crippen molar-refractivity contribution in [3.63, 3.8) is 0 Å². The fourth-order valence-electron chi connectivity index (χ4n) is 4.85. The van der Waals surface area contributed by atoms with E-state index in [4.69, 9.17) is 23.2 Å². The Hall–Kier alpha value is -1.22. The lowest BCUT2D eigenvalue weighted by molar-refractivity contribution is 0.400. The minimum absolute atomic E-state index is 0.611. The molecule has 5 rings (SSSR count). The number of hydrogen-bond donors (Lipinski definition) is 1. The first-order valence-corrected chi connectivity index (χ1v) is 9.57. The standard InChI is InChI=1S/C20H20Cl2N2/c21-15-7-14(8-16(22)10-15)13-6-12-2-1-5-24-19-3-4-23-11-18(19)17(9-13)20(12)24/h6-10,18-19,23H,1-5,11H2/t18-,19-/m1/s1. The summed E-state index contributed by atoms with van der Waals surface area (Å²) in [5.41, 5.74) is 6.92. The van der Waals surface area contributed by atoms with Gasteiger partial charge in [-0.3, -0.25) is 0 Å². The van der Waals surface area contributed by atoms with E-state index in [0.29, 0.717) is 22.0 Å². The number of anilines is 1. The Kier molecular flexibility index (Phi) is 3.55. The van der Waals surface area contributed by atoms with Gasteiger partial charge >= 0.3 is 0 Å². The summed E-state index contributed by atoms with van der Waals surface area (Å²) < 4.78 is 0. The molecule has 1 saturated heterocycles. The van der Waals surface area contributed by atoms with Gasteiger partial charge in [0.15, 0.2) is 0 Å². The van der Waals surface area contributed by atoms with Gasteiger partial charge in [-0.2, -0.15) is 0 Å². The first kappa shape index (κ1) is 15.1. The van der Waals surface area contributed by atoms with Crippen LogP contribution < -0.4 is 10.2 Å². The normalized spacial score (nSPS) is 24.7. The zero-order valence-corrected chi connectivity index (χ0v) is 15.0. The second-order valence-electron chi connectivity index (χ2n) is 7.19. The number of hydrogen-bond acceptors (Lipinski definition) is 2. The van der Waals surface area contributed by atoms with E-state index >= 15 is 0 Å². The number of halogens is 2. The monoisotopic (exact) mass is 358 g/mol. The summed E-state index contributed by atoms with van der Waals surface area (Å²) in [7, 11) is 0. The number of nitrogens with zero attached hydrogens (tertiary/aromatic N) is 1. The highest BCUT2D eigenvalue weighted by molar-refractivity contribution is 6.35. The Morgan fingerprint density at radius 2 is 1.79 bits per heavy atom. The van der Waals surface area contributed by atoms with Gasteiger partial charge in [0.25, 0.3) is 0 Å². The number of piperidine rings is 1. The van der Waals surface area contributed by atoms with E-state index in [1.54, 1.807) is 6.07 Å². The highest BCUT2D eigenvalue weighted by Crippen LogP contribution is 2.49. The first-order chi connectivity index (χ1) is 11.7. The molecule has 0 spiro atoms. The molecule has 0 amide bonds. The molecule has 2 aromatic carbocycles. The van der Waals surface area contributed by atoms with Gasteiger partial charge in [0.2, 0.25) is 0 Å². The van der Waals surface area contributed by atoms with Crippen molar-refractivity contribution in [2.75, 3.05) is 24.5 Å². The van der Waals surface area contributed by atoms with E-state index < -0.39 is 0 Å². The maximum atomic E-state index is 6.23. The van der Waals surface area contributed by atoms with Gasteiger partial charge < -0.3 is 10.2 Å². The van der Waals surface area contributed by atoms with Gasteiger partial charge in [0.05, 0.1) is 0 Å². The highest BCUT2D eigenvalue weighted by atomic mass is 35.5. The molecule has 2 aromatic rings. The number of nitrogens with one attached hydrogen (secondary N) is 1. The molecule has 24 heavy (non-hydrogen) atoms. The summed E-state index contributed by atoms with van der Waals surface area (Å²) >= 11 is 12.5. The van der Waals surface area contributed by atoms with Crippen LogP contribution in [-0.2, 0) is 6.42 Å². The molecule has 1 fully saturated rings. The summed E-state index contributed by atoms with van der Waals surface area (Å²) in [4.78, 5) is 2.69. The van der Waals surface area contributed by atoms with Crippen LogP contribution >= 0.6 is 23.2 Å². The van der Waals surface area contributed by atoms with Crippen molar-refractivity contribution in [3.8, 4) is 11.1 Å². The van der Waals surface area contributed by atoms with E-state index in [1.807, 2.05) is 12.1 Å². The molecule has 0 unspecified atom stereocenters. The van der Waals surface area contributed by atoms with Crippen molar-refractivity contribution in [3.05, 3.63) is 51.5 Å². The van der Waals surface area contributed by atoms with E-state index in [1.165, 1.54) is 48.2 Å². The Bertz CT molecular complexity index is 797. The second-order valence-corrected chi connectivity index (χ2v) is 8.07. The topological polar surface area (TPSA) is 15.3 Å². The lowest BCUT2D eigenvalue weighted by atomic mass is 9.87. The molecule has 0 saturated carbocycles. The lowest BCUT2D eigenvalue weighted by Crippen LogP contribution is -2.45. The molecule has 0 aromatic heterocycles. The van der Waals surface area contributed by atoms with Crippen molar-refractivity contribution in [2.45, 2.75) is 31.2 Å². The van der Waals surface area contributed by atoms with Gasteiger partial charge in [-0.1, -0.05) is 23.2 Å². The molecule has 2 nitrogen and oxygen atoms in total. The van der Waals surface area contributed by atoms with Crippen LogP contribution in [0.5, 0.6) is 0 Å². The van der Waals surface area contributed by atoms with Crippen LogP contribution in [0.4, 0.5) is 5.69 Å². The summed E-state index contributed by atoms with van der Waals surface area (Å²) in [6, 6.07) is 11.3. The molecule has 3 aliphatic rings. The molecule has 124 valence electrons. The van der Waals surface area contributed by atoms with Crippen molar-refractivity contribution >= 4 is 28.9 Å². The third-order valence-electron chi connectivity index (χ3n) is 5.79. The SMILES string of the molecule is Clc1cc(Cl)cc(-c2cc3c4c(c2)[C@H]2CNCC[C@H]2N4CCC3)c1. The zero-order chi connectivity index (χ0) is 16.3. The minimum Gasteiger partial charge on any atom is -0.367 e. The average molecular weight is 359 g/mol. The molecule has 2 atom stereocenters. The van der Waals surface area contributed by atoms with E-state index in [0.717, 1.165) is 18.7 Å². The Labute approximate surface area is 152 Å². The molecular formula is C20H20Cl2N2. The van der Waals surface area contributed by atoms with Gasteiger partial charge in [-0.25, -0.2) is 0 Å².